The Balaban J connectivity index is 2.13. The van der Waals surface area contributed by atoms with E-state index in [-0.39, 0.29) is 17.4 Å². The highest BCUT2D eigenvalue weighted by atomic mass is 16.2. The lowest BCUT2D eigenvalue weighted by Crippen LogP contribution is -2.59. The van der Waals surface area contributed by atoms with Gasteiger partial charge in [0, 0.05) is 18.6 Å². The van der Waals surface area contributed by atoms with Crippen molar-refractivity contribution in [1.82, 2.24) is 10.2 Å². The third-order valence-corrected chi connectivity index (χ3v) is 4.74. The van der Waals surface area contributed by atoms with Crippen molar-refractivity contribution >= 4 is 5.91 Å². The summed E-state index contributed by atoms with van der Waals surface area (Å²) in [6.07, 6.45) is 2.81. The van der Waals surface area contributed by atoms with Crippen LogP contribution in [0.2, 0.25) is 0 Å². The number of likely N-dealkylation sites (tertiary alicyclic amines) is 1. The number of hydrogen-bond acceptors (Lipinski definition) is 3. The summed E-state index contributed by atoms with van der Waals surface area (Å²) in [5, 5.41) is 3.29. The van der Waals surface area contributed by atoms with Gasteiger partial charge in [-0.1, -0.05) is 44.2 Å². The quantitative estimate of drug-likeness (QED) is 0.872. The topological polar surface area (TPSA) is 58.4 Å². The van der Waals surface area contributed by atoms with Crippen molar-refractivity contribution in [1.29, 1.82) is 0 Å². The fraction of sp³-hybridized carbons (Fsp3) is 0.611. The number of carbonyl (C=O) groups is 1. The van der Waals surface area contributed by atoms with Gasteiger partial charge in [0.1, 0.15) is 0 Å². The third kappa shape index (κ3) is 4.31. The first-order chi connectivity index (χ1) is 10.4. The zero-order valence-corrected chi connectivity index (χ0v) is 14.0. The lowest BCUT2D eigenvalue weighted by Gasteiger charge is -2.42. The molecule has 1 aromatic rings. The normalized spacial score (nSPS) is 19.9. The van der Waals surface area contributed by atoms with Crippen LogP contribution in [0, 0.1) is 5.92 Å². The summed E-state index contributed by atoms with van der Waals surface area (Å²) in [7, 11) is 2.13. The lowest BCUT2D eigenvalue weighted by molar-refractivity contribution is -0.125. The Hall–Kier alpha value is -1.39. The van der Waals surface area contributed by atoms with Gasteiger partial charge in [0.05, 0.1) is 6.04 Å². The molecule has 22 heavy (non-hydrogen) atoms. The first-order valence-corrected chi connectivity index (χ1v) is 8.22. The van der Waals surface area contributed by atoms with E-state index in [9.17, 15) is 4.79 Å². The molecular weight excluding hydrogens is 274 g/mol. The van der Waals surface area contributed by atoms with E-state index in [1.54, 1.807) is 0 Å². The maximum atomic E-state index is 12.5. The number of benzene rings is 1. The molecule has 1 heterocycles. The van der Waals surface area contributed by atoms with Crippen molar-refractivity contribution in [3.8, 4) is 0 Å². The van der Waals surface area contributed by atoms with E-state index in [4.69, 9.17) is 5.73 Å². The minimum atomic E-state index is -0.438. The molecule has 1 saturated heterocycles. The smallest absolute Gasteiger partial charge is 0.237 e. The maximum absolute atomic E-state index is 12.5. The average Bonchev–Trinajstić information content (AvgIpc) is 2.50. The zero-order valence-electron chi connectivity index (χ0n) is 14.0. The molecule has 1 aliphatic rings. The van der Waals surface area contributed by atoms with Gasteiger partial charge in [-0.05, 0) is 37.8 Å². The highest BCUT2D eigenvalue weighted by Gasteiger charge is 2.36. The lowest BCUT2D eigenvalue weighted by atomic mass is 9.81. The molecule has 0 radical (unpaired) electrons. The van der Waals surface area contributed by atoms with Crippen molar-refractivity contribution in [2.24, 2.45) is 11.7 Å². The molecule has 0 aliphatic carbocycles. The van der Waals surface area contributed by atoms with E-state index in [2.05, 4.69) is 41.5 Å². The number of rotatable bonds is 5. The van der Waals surface area contributed by atoms with Crippen LogP contribution in [0.1, 0.15) is 32.3 Å². The van der Waals surface area contributed by atoms with Gasteiger partial charge >= 0.3 is 0 Å². The SMILES string of the molecule is CC(C)C(N)C(=O)NC1(Cc2ccccc2)CCN(C)CC1. The maximum Gasteiger partial charge on any atom is 0.237 e. The number of carbonyl (C=O) groups excluding carboxylic acids is 1. The van der Waals surface area contributed by atoms with Crippen LogP contribution in [0.3, 0.4) is 0 Å². The summed E-state index contributed by atoms with van der Waals surface area (Å²) in [4.78, 5) is 14.8. The van der Waals surface area contributed by atoms with Gasteiger partial charge in [-0.3, -0.25) is 4.79 Å². The average molecular weight is 303 g/mol. The van der Waals surface area contributed by atoms with Crippen LogP contribution in [-0.4, -0.2) is 42.5 Å². The summed E-state index contributed by atoms with van der Waals surface area (Å²) in [5.41, 5.74) is 7.13. The Labute approximate surface area is 134 Å². The Kier molecular flexibility index (Phi) is 5.59. The van der Waals surface area contributed by atoms with Crippen LogP contribution in [0.15, 0.2) is 30.3 Å². The van der Waals surface area contributed by atoms with Gasteiger partial charge in [0.2, 0.25) is 5.91 Å². The Bertz CT molecular complexity index is 478. The van der Waals surface area contributed by atoms with Crippen molar-refractivity contribution < 1.29 is 4.79 Å². The molecule has 4 heteroatoms. The van der Waals surface area contributed by atoms with Crippen molar-refractivity contribution in [3.05, 3.63) is 35.9 Å². The molecule has 0 saturated carbocycles. The predicted molar refractivity (Wildman–Crippen MR) is 90.6 cm³/mol. The van der Waals surface area contributed by atoms with Crippen LogP contribution in [0.4, 0.5) is 0 Å². The van der Waals surface area contributed by atoms with Gasteiger partial charge < -0.3 is 16.0 Å². The van der Waals surface area contributed by atoms with Gasteiger partial charge in [-0.25, -0.2) is 0 Å². The molecule has 0 spiro atoms. The molecule has 4 nitrogen and oxygen atoms in total. The number of amides is 1. The molecule has 1 fully saturated rings. The van der Waals surface area contributed by atoms with Crippen molar-refractivity contribution in [2.75, 3.05) is 20.1 Å². The monoisotopic (exact) mass is 303 g/mol. The highest BCUT2D eigenvalue weighted by Crippen LogP contribution is 2.26. The van der Waals surface area contributed by atoms with Crippen molar-refractivity contribution in [2.45, 2.75) is 44.7 Å². The Morgan fingerprint density at radius 1 is 1.27 bits per heavy atom. The van der Waals surface area contributed by atoms with Crippen LogP contribution in [0.5, 0.6) is 0 Å². The molecule has 3 N–H and O–H groups in total. The van der Waals surface area contributed by atoms with Gasteiger partial charge in [-0.15, -0.1) is 0 Å². The fourth-order valence-electron chi connectivity index (χ4n) is 3.03. The minimum Gasteiger partial charge on any atom is -0.349 e. The number of nitrogens with zero attached hydrogens (tertiary/aromatic N) is 1. The van der Waals surface area contributed by atoms with Gasteiger partial charge in [0.25, 0.3) is 0 Å². The molecule has 1 aromatic carbocycles. The van der Waals surface area contributed by atoms with E-state index in [0.29, 0.717) is 0 Å². The molecule has 1 amide bonds. The molecule has 122 valence electrons. The second kappa shape index (κ2) is 7.25. The molecule has 1 unspecified atom stereocenters. The summed E-state index contributed by atoms with van der Waals surface area (Å²) < 4.78 is 0. The van der Waals surface area contributed by atoms with Crippen LogP contribution < -0.4 is 11.1 Å². The molecule has 2 rings (SSSR count). The summed E-state index contributed by atoms with van der Waals surface area (Å²) in [5.74, 6) is 0.135. The number of piperidine rings is 1. The minimum absolute atomic E-state index is 0.0181. The number of nitrogens with two attached hydrogens (primary N) is 1. The van der Waals surface area contributed by atoms with Gasteiger partial charge in [0.15, 0.2) is 0 Å². The van der Waals surface area contributed by atoms with Crippen LogP contribution in [0.25, 0.3) is 0 Å². The second-order valence-electron chi connectivity index (χ2n) is 7.01. The van der Waals surface area contributed by atoms with E-state index >= 15 is 0 Å². The highest BCUT2D eigenvalue weighted by molar-refractivity contribution is 5.82. The fourth-order valence-corrected chi connectivity index (χ4v) is 3.03. The van der Waals surface area contributed by atoms with E-state index in [0.717, 1.165) is 32.4 Å². The van der Waals surface area contributed by atoms with E-state index < -0.39 is 6.04 Å². The van der Waals surface area contributed by atoms with Crippen LogP contribution >= 0.6 is 0 Å². The second-order valence-corrected chi connectivity index (χ2v) is 7.01. The molecule has 0 aromatic heterocycles. The summed E-state index contributed by atoms with van der Waals surface area (Å²) in [6.45, 7) is 5.99. The molecule has 1 atom stereocenters. The molecule has 0 bridgehead atoms. The first kappa shape index (κ1) is 17.0. The number of nitrogens with one attached hydrogen (secondary N) is 1. The largest absolute Gasteiger partial charge is 0.349 e. The summed E-state index contributed by atoms with van der Waals surface area (Å²) in [6, 6.07) is 9.97. The Morgan fingerprint density at radius 2 is 1.86 bits per heavy atom. The van der Waals surface area contributed by atoms with E-state index in [1.807, 2.05) is 19.9 Å². The number of hydrogen-bond donors (Lipinski definition) is 2. The first-order valence-electron chi connectivity index (χ1n) is 8.22. The standard InChI is InChI=1S/C18H29N3O/c1-14(2)16(19)17(22)20-18(9-11-21(3)12-10-18)13-15-7-5-4-6-8-15/h4-8,14,16H,9-13,19H2,1-3H3,(H,20,22). The zero-order chi connectivity index (χ0) is 16.2. The van der Waals surface area contributed by atoms with Crippen molar-refractivity contribution in [3.63, 3.8) is 0 Å². The summed E-state index contributed by atoms with van der Waals surface area (Å²) >= 11 is 0. The molecular formula is C18H29N3O. The third-order valence-electron chi connectivity index (χ3n) is 4.74. The predicted octanol–water partition coefficient (Wildman–Crippen LogP) is 1.79. The molecule has 1 aliphatic heterocycles. The van der Waals surface area contributed by atoms with E-state index in [1.165, 1.54) is 5.56 Å². The van der Waals surface area contributed by atoms with Crippen LogP contribution in [-0.2, 0) is 11.2 Å². The van der Waals surface area contributed by atoms with Gasteiger partial charge in [-0.2, -0.15) is 0 Å². The Morgan fingerprint density at radius 3 is 2.41 bits per heavy atom.